The summed E-state index contributed by atoms with van der Waals surface area (Å²) in [6, 6.07) is 21.8. The lowest BCUT2D eigenvalue weighted by atomic mass is 9.76. The van der Waals surface area contributed by atoms with Crippen LogP contribution >= 0.6 is 15.9 Å². The molecule has 1 aliphatic carbocycles. The second kappa shape index (κ2) is 4.57. The number of allylic oxidation sites excluding steroid dienone is 1. The van der Waals surface area contributed by atoms with Crippen molar-refractivity contribution in [2.24, 2.45) is 0 Å². The van der Waals surface area contributed by atoms with E-state index >= 15 is 0 Å². The molecule has 1 unspecified atom stereocenters. The van der Waals surface area contributed by atoms with Crippen LogP contribution in [0.25, 0.3) is 16.8 Å². The molecule has 0 amide bonds. The average Bonchev–Trinajstić information content (AvgIpc) is 2.85. The number of halogens is 1. The molecule has 0 saturated heterocycles. The van der Waals surface area contributed by atoms with Gasteiger partial charge in [0.2, 0.25) is 0 Å². The van der Waals surface area contributed by atoms with Crippen molar-refractivity contribution in [2.45, 2.75) is 12.3 Å². The second-order valence-corrected chi connectivity index (χ2v) is 6.71. The minimum atomic E-state index is -0.0695. The van der Waals surface area contributed by atoms with Crippen LogP contribution in [0.2, 0.25) is 0 Å². The molecule has 0 radical (unpaired) electrons. The van der Waals surface area contributed by atoms with Crippen LogP contribution in [0.5, 0.6) is 0 Å². The number of fused-ring (bicyclic) bond motifs is 2. The van der Waals surface area contributed by atoms with Gasteiger partial charge >= 0.3 is 0 Å². The monoisotopic (exact) mass is 334 g/mol. The summed E-state index contributed by atoms with van der Waals surface area (Å²) in [5, 5.41) is 2.63. The van der Waals surface area contributed by atoms with Crippen LogP contribution < -0.4 is 0 Å². The van der Waals surface area contributed by atoms with E-state index in [0.29, 0.717) is 0 Å². The minimum Gasteiger partial charge on any atom is -0.0692 e. The van der Waals surface area contributed by atoms with E-state index in [9.17, 15) is 0 Å². The van der Waals surface area contributed by atoms with Crippen molar-refractivity contribution in [3.8, 4) is 0 Å². The van der Waals surface area contributed by atoms with Crippen LogP contribution in [0.1, 0.15) is 23.6 Å². The maximum absolute atomic E-state index is 3.61. The Morgan fingerprint density at radius 3 is 2.57 bits per heavy atom. The standard InChI is InChI=1S/C20H15Br/c1-20(12-11-15-9-10-16(21)13-19(15)20)18-8-4-6-14-5-2-3-7-17(14)18/h2-13H,1H3. The third kappa shape index (κ3) is 1.88. The van der Waals surface area contributed by atoms with E-state index in [1.807, 2.05) is 0 Å². The lowest BCUT2D eigenvalue weighted by Gasteiger charge is -2.27. The van der Waals surface area contributed by atoms with Crippen LogP contribution in [0.15, 0.2) is 71.2 Å². The first-order valence-corrected chi connectivity index (χ1v) is 7.95. The summed E-state index contributed by atoms with van der Waals surface area (Å²) >= 11 is 3.61. The van der Waals surface area contributed by atoms with E-state index in [2.05, 4.69) is 95.7 Å². The molecule has 0 spiro atoms. The predicted molar refractivity (Wildman–Crippen MR) is 93.6 cm³/mol. The summed E-state index contributed by atoms with van der Waals surface area (Å²) in [5.74, 6) is 0. The van der Waals surface area contributed by atoms with Crippen LogP contribution in [0.3, 0.4) is 0 Å². The van der Waals surface area contributed by atoms with E-state index in [1.165, 1.54) is 27.5 Å². The van der Waals surface area contributed by atoms with Gasteiger partial charge in [0.1, 0.15) is 0 Å². The van der Waals surface area contributed by atoms with E-state index in [4.69, 9.17) is 0 Å². The molecule has 4 rings (SSSR count). The molecule has 0 N–H and O–H groups in total. The number of hydrogen-bond acceptors (Lipinski definition) is 0. The van der Waals surface area contributed by atoms with E-state index in [1.54, 1.807) is 0 Å². The fourth-order valence-corrected chi connectivity index (χ4v) is 3.74. The van der Waals surface area contributed by atoms with Crippen molar-refractivity contribution in [1.29, 1.82) is 0 Å². The molecule has 0 aliphatic heterocycles. The first-order chi connectivity index (χ1) is 10.2. The summed E-state index contributed by atoms with van der Waals surface area (Å²) in [6.45, 7) is 2.31. The summed E-state index contributed by atoms with van der Waals surface area (Å²) < 4.78 is 1.14. The molecule has 0 saturated carbocycles. The van der Waals surface area contributed by atoms with Gasteiger partial charge in [-0.15, -0.1) is 0 Å². The van der Waals surface area contributed by atoms with Crippen molar-refractivity contribution in [3.05, 3.63) is 87.9 Å². The molecule has 0 heterocycles. The highest BCUT2D eigenvalue weighted by molar-refractivity contribution is 9.10. The van der Waals surface area contributed by atoms with Crippen molar-refractivity contribution in [1.82, 2.24) is 0 Å². The first kappa shape index (κ1) is 12.8. The zero-order valence-corrected chi connectivity index (χ0v) is 13.4. The summed E-state index contributed by atoms with van der Waals surface area (Å²) in [5.41, 5.74) is 3.98. The fourth-order valence-electron chi connectivity index (χ4n) is 3.38. The lowest BCUT2D eigenvalue weighted by Crippen LogP contribution is -2.19. The van der Waals surface area contributed by atoms with E-state index in [-0.39, 0.29) is 5.41 Å². The number of rotatable bonds is 1. The van der Waals surface area contributed by atoms with Crippen LogP contribution in [0.4, 0.5) is 0 Å². The molecular formula is C20H15Br. The Bertz CT molecular complexity index is 871. The summed E-state index contributed by atoms with van der Waals surface area (Å²) in [7, 11) is 0. The molecule has 0 aromatic heterocycles. The largest absolute Gasteiger partial charge is 0.0692 e. The molecule has 1 heteroatoms. The van der Waals surface area contributed by atoms with Gasteiger partial charge in [-0.3, -0.25) is 0 Å². The normalized spacial score (nSPS) is 19.9. The Hall–Kier alpha value is -1.86. The molecule has 1 aliphatic rings. The Morgan fingerprint density at radius 2 is 1.67 bits per heavy atom. The Balaban J connectivity index is 2.03. The smallest absolute Gasteiger partial charge is 0.0369 e. The van der Waals surface area contributed by atoms with Crippen LogP contribution in [-0.2, 0) is 5.41 Å². The highest BCUT2D eigenvalue weighted by Gasteiger charge is 2.33. The maximum Gasteiger partial charge on any atom is 0.0369 e. The molecule has 0 fully saturated rings. The number of hydrogen-bond donors (Lipinski definition) is 0. The maximum atomic E-state index is 3.61. The molecule has 0 nitrogen and oxygen atoms in total. The molecule has 0 bridgehead atoms. The highest BCUT2D eigenvalue weighted by atomic mass is 79.9. The molecule has 3 aromatic rings. The van der Waals surface area contributed by atoms with Gasteiger partial charge in [0.25, 0.3) is 0 Å². The molecule has 102 valence electrons. The van der Waals surface area contributed by atoms with Crippen LogP contribution in [0, 0.1) is 0 Å². The van der Waals surface area contributed by atoms with Crippen molar-refractivity contribution in [2.75, 3.05) is 0 Å². The van der Waals surface area contributed by atoms with Crippen molar-refractivity contribution in [3.63, 3.8) is 0 Å². The molecule has 21 heavy (non-hydrogen) atoms. The Morgan fingerprint density at radius 1 is 0.857 bits per heavy atom. The average molecular weight is 335 g/mol. The van der Waals surface area contributed by atoms with Gasteiger partial charge in [0.05, 0.1) is 0 Å². The second-order valence-electron chi connectivity index (χ2n) is 5.79. The zero-order chi connectivity index (χ0) is 14.4. The quantitative estimate of drug-likeness (QED) is 0.517. The fraction of sp³-hybridized carbons (Fsp3) is 0.100. The summed E-state index contributed by atoms with van der Waals surface area (Å²) in [6.07, 6.45) is 4.56. The van der Waals surface area contributed by atoms with Crippen molar-refractivity contribution < 1.29 is 0 Å². The lowest BCUT2D eigenvalue weighted by molar-refractivity contribution is 0.745. The molecule has 3 aromatic carbocycles. The van der Waals surface area contributed by atoms with Gasteiger partial charge in [-0.05, 0) is 46.5 Å². The van der Waals surface area contributed by atoms with E-state index in [0.717, 1.165) is 4.47 Å². The summed E-state index contributed by atoms with van der Waals surface area (Å²) in [4.78, 5) is 0. The van der Waals surface area contributed by atoms with Gasteiger partial charge < -0.3 is 0 Å². The molecular weight excluding hydrogens is 320 g/mol. The van der Waals surface area contributed by atoms with Gasteiger partial charge in [0.15, 0.2) is 0 Å². The number of benzene rings is 3. The van der Waals surface area contributed by atoms with Crippen molar-refractivity contribution >= 4 is 32.8 Å². The third-order valence-corrected chi connectivity index (χ3v) is 5.01. The van der Waals surface area contributed by atoms with Gasteiger partial charge in [0, 0.05) is 9.89 Å². The van der Waals surface area contributed by atoms with Gasteiger partial charge in [-0.25, -0.2) is 0 Å². The Labute approximate surface area is 133 Å². The predicted octanol–water partition coefficient (Wildman–Crippen LogP) is 5.94. The van der Waals surface area contributed by atoms with Gasteiger partial charge in [-0.2, -0.15) is 0 Å². The highest BCUT2D eigenvalue weighted by Crippen LogP contribution is 2.44. The topological polar surface area (TPSA) is 0 Å². The molecule has 1 atom stereocenters. The van der Waals surface area contributed by atoms with Gasteiger partial charge in [-0.1, -0.05) is 76.6 Å². The third-order valence-electron chi connectivity index (χ3n) is 4.52. The SMILES string of the molecule is CC1(c2cccc3ccccc23)C=Cc2ccc(Br)cc21. The van der Waals surface area contributed by atoms with Crippen LogP contribution in [-0.4, -0.2) is 0 Å². The zero-order valence-electron chi connectivity index (χ0n) is 11.8. The minimum absolute atomic E-state index is 0.0695. The first-order valence-electron chi connectivity index (χ1n) is 7.16. The van der Waals surface area contributed by atoms with E-state index < -0.39 is 0 Å². The Kier molecular flexibility index (Phi) is 2.80.